The van der Waals surface area contributed by atoms with Crippen molar-refractivity contribution in [2.24, 2.45) is 5.14 Å². The number of nitrogens with one attached hydrogen (secondary N) is 1. The predicted octanol–water partition coefficient (Wildman–Crippen LogP) is 3.33. The molecule has 4 aliphatic heterocycles. The molecule has 0 bridgehead atoms. The van der Waals surface area contributed by atoms with E-state index in [4.69, 9.17) is 9.88 Å². The maximum Gasteiger partial charge on any atom is 0.410 e. The van der Waals surface area contributed by atoms with Crippen molar-refractivity contribution in [1.82, 2.24) is 23.9 Å². The molecule has 6 rings (SSSR count). The number of nitrogens with two attached hydrogens (primary N) is 1. The van der Waals surface area contributed by atoms with E-state index in [0.29, 0.717) is 99.1 Å². The van der Waals surface area contributed by atoms with Gasteiger partial charge in [-0.25, -0.2) is 14.7 Å². The molecule has 0 saturated carbocycles. The van der Waals surface area contributed by atoms with Gasteiger partial charge in [-0.05, 0) is 93.3 Å². The quantitative estimate of drug-likeness (QED) is 0.382. The summed E-state index contributed by atoms with van der Waals surface area (Å²) in [7, 11) is -3.70. The van der Waals surface area contributed by atoms with Gasteiger partial charge in [-0.3, -0.25) is 9.69 Å². The lowest BCUT2D eigenvalue weighted by Gasteiger charge is -2.42. The van der Waals surface area contributed by atoms with Crippen LogP contribution in [-0.4, -0.2) is 133 Å². The van der Waals surface area contributed by atoms with E-state index < -0.39 is 22.4 Å². The Kier molecular flexibility index (Phi) is 11.6. The van der Waals surface area contributed by atoms with Crippen molar-refractivity contribution in [1.29, 1.82) is 0 Å². The molecule has 2 aromatic rings. The fraction of sp³-hybridized carbons (Fsp3) is 0.545. The van der Waals surface area contributed by atoms with Crippen LogP contribution in [0.5, 0.6) is 5.75 Å². The summed E-state index contributed by atoms with van der Waals surface area (Å²) in [5.74, 6) is -0.262. The number of piperidine rings is 2. The summed E-state index contributed by atoms with van der Waals surface area (Å²) in [5, 5.41) is 18.6. The van der Waals surface area contributed by atoms with Gasteiger partial charge >= 0.3 is 12.1 Å². The van der Waals surface area contributed by atoms with Gasteiger partial charge in [0.15, 0.2) is 6.10 Å². The summed E-state index contributed by atoms with van der Waals surface area (Å²) in [6.45, 7) is 4.23. The lowest BCUT2D eigenvalue weighted by atomic mass is 10.0. The molecule has 0 aromatic heterocycles. The number of hydrogen-bond donors (Lipinski definition) is 3. The smallest absolute Gasteiger partial charge is 0.410 e. The van der Waals surface area contributed by atoms with Crippen LogP contribution in [0.25, 0.3) is 0 Å². The number of anilines is 1. The SMILES string of the molecule is NS(=O)(=O)N1CCC(N2CCN(C(=O)C(Cc3cc(Br)c(O)c(Br)c3)OC(=O)N3CCC(N4CCc5ccccc5NC4=O)CC3)CC2)CC1. The number of ether oxygens (including phenoxy) is 1. The lowest BCUT2D eigenvalue weighted by Crippen LogP contribution is -2.57. The first-order chi connectivity index (χ1) is 23.9. The van der Waals surface area contributed by atoms with E-state index in [1.165, 1.54) is 4.31 Å². The fourth-order valence-corrected chi connectivity index (χ4v) is 9.40. The monoisotopic (exact) mass is 839 g/mol. The second-order valence-electron chi connectivity index (χ2n) is 13.3. The number of carbonyl (C=O) groups excluding carboxylic acids is 3. The Labute approximate surface area is 309 Å². The maximum absolute atomic E-state index is 14.0. The normalized spacial score (nSPS) is 20.9. The van der Waals surface area contributed by atoms with Crippen molar-refractivity contribution in [3.05, 3.63) is 56.5 Å². The summed E-state index contributed by atoms with van der Waals surface area (Å²) < 4.78 is 31.6. The molecule has 272 valence electrons. The minimum absolute atomic E-state index is 0.0271. The second-order valence-corrected chi connectivity index (χ2v) is 16.5. The van der Waals surface area contributed by atoms with Gasteiger partial charge in [-0.1, -0.05) is 18.2 Å². The Morgan fingerprint density at radius 3 is 2.16 bits per heavy atom. The topological polar surface area (TPSA) is 169 Å². The summed E-state index contributed by atoms with van der Waals surface area (Å²) in [5.41, 5.74) is 2.62. The van der Waals surface area contributed by atoms with Crippen molar-refractivity contribution in [2.45, 2.75) is 56.7 Å². The number of fused-ring (bicyclic) bond motifs is 1. The number of piperazine rings is 1. The minimum atomic E-state index is -3.70. The number of phenolic OH excluding ortho intramolecular Hbond substituents is 1. The van der Waals surface area contributed by atoms with Gasteiger partial charge < -0.3 is 29.9 Å². The van der Waals surface area contributed by atoms with E-state index in [-0.39, 0.29) is 36.2 Å². The molecule has 14 nitrogen and oxygen atoms in total. The largest absolute Gasteiger partial charge is 0.506 e. The number of benzene rings is 2. The van der Waals surface area contributed by atoms with Gasteiger partial charge in [0.1, 0.15) is 5.75 Å². The predicted molar refractivity (Wildman–Crippen MR) is 194 cm³/mol. The van der Waals surface area contributed by atoms with E-state index in [2.05, 4.69) is 42.1 Å². The molecule has 0 radical (unpaired) electrons. The average Bonchev–Trinajstić information content (AvgIpc) is 3.27. The first-order valence-corrected chi connectivity index (χ1v) is 20.0. The summed E-state index contributed by atoms with van der Waals surface area (Å²) in [6.07, 6.45) is 1.70. The first-order valence-electron chi connectivity index (χ1n) is 17.0. The van der Waals surface area contributed by atoms with Crippen molar-refractivity contribution in [2.75, 3.05) is 64.2 Å². The molecule has 4 heterocycles. The van der Waals surface area contributed by atoms with E-state index in [0.717, 1.165) is 17.7 Å². The maximum atomic E-state index is 14.0. The van der Waals surface area contributed by atoms with Crippen LogP contribution in [0.3, 0.4) is 0 Å². The third kappa shape index (κ3) is 8.56. The highest BCUT2D eigenvalue weighted by Gasteiger charge is 2.37. The van der Waals surface area contributed by atoms with Crippen LogP contribution in [0.2, 0.25) is 0 Å². The van der Waals surface area contributed by atoms with Crippen LogP contribution < -0.4 is 10.5 Å². The van der Waals surface area contributed by atoms with Gasteiger partial charge in [0.25, 0.3) is 16.1 Å². The Morgan fingerprint density at radius 1 is 0.900 bits per heavy atom. The summed E-state index contributed by atoms with van der Waals surface area (Å²) in [4.78, 5) is 48.2. The van der Waals surface area contributed by atoms with Gasteiger partial charge in [-0.15, -0.1) is 0 Å². The molecule has 1 unspecified atom stereocenters. The number of halogens is 2. The van der Waals surface area contributed by atoms with Crippen LogP contribution in [0.15, 0.2) is 45.3 Å². The molecule has 0 aliphatic carbocycles. The third-order valence-electron chi connectivity index (χ3n) is 10.2. The van der Waals surface area contributed by atoms with Gasteiger partial charge in [0.05, 0.1) is 8.95 Å². The zero-order valence-corrected chi connectivity index (χ0v) is 31.7. The van der Waals surface area contributed by atoms with Crippen molar-refractivity contribution in [3.63, 3.8) is 0 Å². The Hall–Kier alpha value is -2.96. The number of carbonyl (C=O) groups is 3. The van der Waals surface area contributed by atoms with Gasteiger partial charge in [0, 0.05) is 83.1 Å². The van der Waals surface area contributed by atoms with Crippen molar-refractivity contribution >= 4 is 65.8 Å². The van der Waals surface area contributed by atoms with Crippen LogP contribution in [0.1, 0.15) is 36.8 Å². The molecule has 4 aliphatic rings. The number of aromatic hydroxyl groups is 1. The Bertz CT molecular complexity index is 1670. The molecule has 3 saturated heterocycles. The minimum Gasteiger partial charge on any atom is -0.506 e. The highest BCUT2D eigenvalue weighted by molar-refractivity contribution is 9.11. The van der Waals surface area contributed by atoms with Crippen molar-refractivity contribution in [3.8, 4) is 5.75 Å². The van der Waals surface area contributed by atoms with Crippen LogP contribution in [0.4, 0.5) is 15.3 Å². The number of likely N-dealkylation sites (tertiary alicyclic amines) is 1. The van der Waals surface area contributed by atoms with Gasteiger partial charge in [0.2, 0.25) is 0 Å². The third-order valence-corrected chi connectivity index (χ3v) is 12.5. The number of rotatable bonds is 7. The first kappa shape index (κ1) is 36.8. The number of urea groups is 1. The summed E-state index contributed by atoms with van der Waals surface area (Å²) in [6, 6.07) is 11.2. The lowest BCUT2D eigenvalue weighted by molar-refractivity contribution is -0.143. The molecule has 4 N–H and O–H groups in total. The van der Waals surface area contributed by atoms with Crippen LogP contribution >= 0.6 is 31.9 Å². The number of amides is 4. The highest BCUT2D eigenvalue weighted by atomic mass is 79.9. The van der Waals surface area contributed by atoms with Crippen molar-refractivity contribution < 1.29 is 32.6 Å². The van der Waals surface area contributed by atoms with Crippen LogP contribution in [0, 0.1) is 0 Å². The van der Waals surface area contributed by atoms with Crippen LogP contribution in [-0.2, 0) is 32.6 Å². The zero-order valence-electron chi connectivity index (χ0n) is 27.7. The number of nitrogens with zero attached hydrogens (tertiary/aromatic N) is 5. The second kappa shape index (κ2) is 15.7. The fourth-order valence-electron chi connectivity index (χ4n) is 7.40. The molecule has 1 atom stereocenters. The molecule has 4 amide bonds. The van der Waals surface area contributed by atoms with Gasteiger partial charge in [-0.2, -0.15) is 12.7 Å². The molecule has 17 heteroatoms. The average molecular weight is 842 g/mol. The zero-order chi connectivity index (χ0) is 35.6. The molecular weight excluding hydrogens is 798 g/mol. The molecule has 3 fully saturated rings. The van der Waals surface area contributed by atoms with E-state index >= 15 is 0 Å². The summed E-state index contributed by atoms with van der Waals surface area (Å²) >= 11 is 6.71. The molecule has 2 aromatic carbocycles. The number of phenols is 1. The van der Waals surface area contributed by atoms with E-state index in [1.54, 1.807) is 21.9 Å². The number of hydrogen-bond acceptors (Lipinski definition) is 8. The molecular formula is C33H43Br2N7O7S. The van der Waals surface area contributed by atoms with E-state index in [9.17, 15) is 27.9 Å². The Morgan fingerprint density at radius 2 is 1.52 bits per heavy atom. The molecule has 50 heavy (non-hydrogen) atoms. The Balaban J connectivity index is 1.07. The van der Waals surface area contributed by atoms with E-state index in [1.807, 2.05) is 29.2 Å². The molecule has 0 spiro atoms. The standard InChI is InChI=1S/C33H43Br2N7O7S/c34-26-19-22(20-27(35)30(26)43)21-29(31(44)39-17-15-38(16-18-39)24-8-12-41(13-9-24)50(36,47)48)49-33(46)40-10-6-25(7-11-40)42-14-5-23-3-1-2-4-28(23)37-32(42)45/h1-4,19-20,24-25,29,43H,5-18,21H2,(H,37,45)(H2,36,47,48). The highest BCUT2D eigenvalue weighted by Crippen LogP contribution is 2.34. The number of para-hydroxylation sites is 1.